The molecule has 3 rings (SSSR count). The molecule has 1 amide bonds. The van der Waals surface area contributed by atoms with Gasteiger partial charge in [-0.1, -0.05) is 30.3 Å². The largest absolute Gasteiger partial charge is 0.392 e. The smallest absolute Gasteiger partial charge is 0.225 e. The second-order valence-corrected chi connectivity index (χ2v) is 5.28. The fraction of sp³-hybridized carbons (Fsp3) is 0.235. The number of hydrogen-bond acceptors (Lipinski definition) is 3. The summed E-state index contributed by atoms with van der Waals surface area (Å²) < 4.78 is 0. The summed E-state index contributed by atoms with van der Waals surface area (Å²) in [7, 11) is 0. The van der Waals surface area contributed by atoms with Crippen LogP contribution in [0.15, 0.2) is 48.5 Å². The lowest BCUT2D eigenvalue weighted by Gasteiger charge is -2.11. The van der Waals surface area contributed by atoms with Crippen molar-refractivity contribution in [1.29, 1.82) is 0 Å². The van der Waals surface area contributed by atoms with E-state index in [0.717, 1.165) is 23.5 Å². The van der Waals surface area contributed by atoms with Crippen LogP contribution in [0.3, 0.4) is 0 Å². The van der Waals surface area contributed by atoms with Gasteiger partial charge < -0.3 is 15.7 Å². The molecule has 0 radical (unpaired) electrons. The van der Waals surface area contributed by atoms with Crippen molar-refractivity contribution in [2.75, 3.05) is 17.2 Å². The third-order valence-corrected chi connectivity index (χ3v) is 3.76. The summed E-state index contributed by atoms with van der Waals surface area (Å²) in [6.07, 6.45) is 0.452. The number of anilines is 2. The molecule has 1 unspecified atom stereocenters. The van der Waals surface area contributed by atoms with E-state index in [1.807, 2.05) is 36.4 Å². The number of fused-ring (bicyclic) bond motifs is 1. The summed E-state index contributed by atoms with van der Waals surface area (Å²) in [6.45, 7) is 0.771. The Morgan fingerprint density at radius 2 is 2.10 bits per heavy atom. The van der Waals surface area contributed by atoms with Gasteiger partial charge in [-0.15, -0.1) is 0 Å². The molecule has 2 aromatic rings. The zero-order chi connectivity index (χ0) is 14.7. The first-order chi connectivity index (χ1) is 10.3. The lowest BCUT2D eigenvalue weighted by atomic mass is 9.97. The molecule has 21 heavy (non-hydrogen) atoms. The number of rotatable bonds is 4. The first-order valence-corrected chi connectivity index (χ1v) is 7.08. The number of aliphatic hydroxyl groups excluding tert-OH is 1. The predicted molar refractivity (Wildman–Crippen MR) is 83.3 cm³/mol. The molecular formula is C17H18N2O2. The number of nitrogens with one attached hydrogen (secondary N) is 2. The molecule has 0 aromatic heterocycles. The molecular weight excluding hydrogens is 264 g/mol. The fourth-order valence-corrected chi connectivity index (χ4v) is 2.72. The fourth-order valence-electron chi connectivity index (χ4n) is 2.72. The molecule has 108 valence electrons. The topological polar surface area (TPSA) is 61.4 Å². The average Bonchev–Trinajstić information content (AvgIpc) is 2.91. The molecule has 2 aromatic carbocycles. The first-order valence-electron chi connectivity index (χ1n) is 7.08. The van der Waals surface area contributed by atoms with E-state index in [1.54, 1.807) is 6.07 Å². The van der Waals surface area contributed by atoms with Crippen molar-refractivity contribution in [3.63, 3.8) is 0 Å². The number of hydrogen-bond donors (Lipinski definition) is 3. The van der Waals surface area contributed by atoms with Crippen LogP contribution in [0.5, 0.6) is 0 Å². The third kappa shape index (κ3) is 3.06. The van der Waals surface area contributed by atoms with Crippen molar-refractivity contribution in [2.45, 2.75) is 18.9 Å². The lowest BCUT2D eigenvalue weighted by Crippen LogP contribution is -2.16. The molecule has 1 aliphatic heterocycles. The Morgan fingerprint density at radius 3 is 2.95 bits per heavy atom. The van der Waals surface area contributed by atoms with E-state index in [0.29, 0.717) is 6.42 Å². The van der Waals surface area contributed by atoms with Gasteiger partial charge in [-0.2, -0.15) is 0 Å². The van der Waals surface area contributed by atoms with E-state index < -0.39 is 0 Å². The number of carbonyl (C=O) groups excluding carboxylic acids is 1. The highest BCUT2D eigenvalue weighted by atomic mass is 16.3. The van der Waals surface area contributed by atoms with Gasteiger partial charge in [0.1, 0.15) is 0 Å². The summed E-state index contributed by atoms with van der Waals surface area (Å²) in [5.41, 5.74) is 3.85. The van der Waals surface area contributed by atoms with Crippen LogP contribution < -0.4 is 10.6 Å². The molecule has 0 bridgehead atoms. The molecule has 4 nitrogen and oxygen atoms in total. The van der Waals surface area contributed by atoms with Gasteiger partial charge >= 0.3 is 0 Å². The van der Waals surface area contributed by atoms with Crippen LogP contribution >= 0.6 is 0 Å². The Bertz CT molecular complexity index is 655. The number of amides is 1. The van der Waals surface area contributed by atoms with Crippen LogP contribution in [0.2, 0.25) is 0 Å². The highest BCUT2D eigenvalue weighted by Crippen LogP contribution is 2.33. The summed E-state index contributed by atoms with van der Waals surface area (Å²) in [5, 5.41) is 15.3. The second-order valence-electron chi connectivity index (χ2n) is 5.28. The molecule has 1 heterocycles. The van der Waals surface area contributed by atoms with Crippen LogP contribution in [0.4, 0.5) is 11.4 Å². The van der Waals surface area contributed by atoms with E-state index in [-0.39, 0.29) is 18.4 Å². The van der Waals surface area contributed by atoms with Crippen LogP contribution in [0, 0.1) is 0 Å². The number of benzene rings is 2. The van der Waals surface area contributed by atoms with Gasteiger partial charge in [-0.25, -0.2) is 0 Å². The summed E-state index contributed by atoms with van der Waals surface area (Å²) in [5.74, 6) is 0.204. The minimum atomic E-state index is -0.0242. The maximum Gasteiger partial charge on any atom is 0.225 e. The molecule has 0 aliphatic carbocycles. The molecule has 0 spiro atoms. The molecule has 4 heteroatoms. The van der Waals surface area contributed by atoms with E-state index in [9.17, 15) is 4.79 Å². The molecule has 0 saturated carbocycles. The van der Waals surface area contributed by atoms with Crippen LogP contribution in [-0.2, 0) is 11.4 Å². The molecule has 0 saturated heterocycles. The van der Waals surface area contributed by atoms with Crippen LogP contribution in [0.1, 0.15) is 23.5 Å². The molecule has 3 N–H and O–H groups in total. The van der Waals surface area contributed by atoms with Crippen molar-refractivity contribution >= 4 is 17.3 Å². The monoisotopic (exact) mass is 282 g/mol. The highest BCUT2D eigenvalue weighted by Gasteiger charge is 2.23. The third-order valence-electron chi connectivity index (χ3n) is 3.76. The summed E-state index contributed by atoms with van der Waals surface area (Å²) in [4.78, 5) is 12.2. The number of para-hydroxylation sites is 1. The summed E-state index contributed by atoms with van der Waals surface area (Å²) in [6, 6.07) is 15.4. The minimum Gasteiger partial charge on any atom is -0.392 e. The SMILES string of the molecule is O=C(CC1CNc2ccccc21)Nc1cccc(CO)c1. The van der Waals surface area contributed by atoms with Crippen LogP contribution in [0.25, 0.3) is 0 Å². The quantitative estimate of drug-likeness (QED) is 0.808. The number of carbonyl (C=O) groups is 1. The Kier molecular flexibility index (Phi) is 3.88. The Morgan fingerprint density at radius 1 is 1.24 bits per heavy atom. The van der Waals surface area contributed by atoms with Gasteiger partial charge in [0.05, 0.1) is 6.61 Å². The molecule has 0 fully saturated rings. The zero-order valence-electron chi connectivity index (χ0n) is 11.7. The van der Waals surface area contributed by atoms with Crippen molar-refractivity contribution < 1.29 is 9.90 Å². The molecule has 1 atom stereocenters. The van der Waals surface area contributed by atoms with E-state index >= 15 is 0 Å². The second kappa shape index (κ2) is 5.97. The zero-order valence-corrected chi connectivity index (χ0v) is 11.7. The summed E-state index contributed by atoms with van der Waals surface area (Å²) >= 11 is 0. The van der Waals surface area contributed by atoms with Crippen molar-refractivity contribution in [2.24, 2.45) is 0 Å². The Hall–Kier alpha value is -2.33. The lowest BCUT2D eigenvalue weighted by molar-refractivity contribution is -0.116. The maximum atomic E-state index is 12.2. The van der Waals surface area contributed by atoms with Gasteiger partial charge in [0.2, 0.25) is 5.91 Å². The van der Waals surface area contributed by atoms with Crippen molar-refractivity contribution in [1.82, 2.24) is 0 Å². The number of aliphatic hydroxyl groups is 1. The minimum absolute atomic E-state index is 0.00593. The Labute approximate surface area is 123 Å². The Balaban J connectivity index is 1.65. The standard InChI is InChI=1S/C17H18N2O2/c20-11-12-4-3-5-14(8-12)19-17(21)9-13-10-18-16-7-2-1-6-15(13)16/h1-8,13,18,20H,9-11H2,(H,19,21). The predicted octanol–water partition coefficient (Wildman–Crippen LogP) is 2.72. The maximum absolute atomic E-state index is 12.2. The van der Waals surface area contributed by atoms with Crippen molar-refractivity contribution in [3.8, 4) is 0 Å². The molecule has 1 aliphatic rings. The van der Waals surface area contributed by atoms with Gasteiger partial charge in [0.25, 0.3) is 0 Å². The van der Waals surface area contributed by atoms with Gasteiger partial charge in [-0.3, -0.25) is 4.79 Å². The van der Waals surface area contributed by atoms with Gasteiger partial charge in [0.15, 0.2) is 0 Å². The normalized spacial score (nSPS) is 16.1. The van der Waals surface area contributed by atoms with E-state index in [2.05, 4.69) is 16.7 Å². The highest BCUT2D eigenvalue weighted by molar-refractivity contribution is 5.91. The van der Waals surface area contributed by atoms with Gasteiger partial charge in [-0.05, 0) is 29.3 Å². The van der Waals surface area contributed by atoms with Crippen LogP contribution in [-0.4, -0.2) is 17.6 Å². The van der Waals surface area contributed by atoms with Gasteiger partial charge in [0, 0.05) is 30.3 Å². The van der Waals surface area contributed by atoms with Crippen molar-refractivity contribution in [3.05, 3.63) is 59.7 Å². The van der Waals surface area contributed by atoms with E-state index in [4.69, 9.17) is 5.11 Å². The average molecular weight is 282 g/mol. The first kappa shape index (κ1) is 13.6. The van der Waals surface area contributed by atoms with E-state index in [1.165, 1.54) is 5.56 Å².